The van der Waals surface area contributed by atoms with E-state index < -0.39 is 0 Å². The lowest BCUT2D eigenvalue weighted by atomic mass is 10.2. The highest BCUT2D eigenvalue weighted by atomic mass is 15.3. The van der Waals surface area contributed by atoms with Gasteiger partial charge in [0.2, 0.25) is 0 Å². The van der Waals surface area contributed by atoms with Crippen LogP contribution in [0.2, 0.25) is 0 Å². The summed E-state index contributed by atoms with van der Waals surface area (Å²) in [6, 6.07) is 2.89. The van der Waals surface area contributed by atoms with Crippen molar-refractivity contribution in [2.24, 2.45) is 5.73 Å². The lowest BCUT2D eigenvalue weighted by Crippen LogP contribution is -2.12. The van der Waals surface area contributed by atoms with E-state index in [0.29, 0.717) is 6.04 Å². The van der Waals surface area contributed by atoms with Gasteiger partial charge in [-0.1, -0.05) is 6.92 Å². The molecule has 72 valence electrons. The van der Waals surface area contributed by atoms with Crippen molar-refractivity contribution in [3.63, 3.8) is 0 Å². The Morgan fingerprint density at radius 1 is 1.69 bits per heavy atom. The Hall–Kier alpha value is -0.830. The van der Waals surface area contributed by atoms with Crippen LogP contribution in [0.3, 0.4) is 0 Å². The number of nitrogens with two attached hydrogens (primary N) is 1. The number of hydrogen-bond acceptors (Lipinski definition) is 2. The van der Waals surface area contributed by atoms with E-state index in [-0.39, 0.29) is 6.04 Å². The van der Waals surface area contributed by atoms with Crippen molar-refractivity contribution in [1.29, 1.82) is 0 Å². The number of nitrogens with zero attached hydrogens (tertiary/aromatic N) is 2. The Labute approximate surface area is 78.9 Å². The van der Waals surface area contributed by atoms with Crippen LogP contribution in [-0.4, -0.2) is 9.78 Å². The smallest absolute Gasteiger partial charge is 0.0625 e. The molecule has 0 saturated heterocycles. The average molecular weight is 179 g/mol. The van der Waals surface area contributed by atoms with Crippen molar-refractivity contribution < 1.29 is 0 Å². The molecule has 3 nitrogen and oxygen atoms in total. The summed E-state index contributed by atoms with van der Waals surface area (Å²) >= 11 is 0. The zero-order chi connectivity index (χ0) is 9.42. The highest BCUT2D eigenvalue weighted by Gasteiger charge is 2.27. The van der Waals surface area contributed by atoms with Crippen molar-refractivity contribution >= 4 is 0 Å². The van der Waals surface area contributed by atoms with Crippen LogP contribution in [0.5, 0.6) is 0 Å². The molecule has 1 saturated carbocycles. The lowest BCUT2D eigenvalue weighted by Gasteiger charge is -2.07. The minimum atomic E-state index is 0.105. The van der Waals surface area contributed by atoms with Crippen molar-refractivity contribution in [3.8, 4) is 0 Å². The van der Waals surface area contributed by atoms with Crippen molar-refractivity contribution in [1.82, 2.24) is 9.78 Å². The van der Waals surface area contributed by atoms with Crippen LogP contribution in [0.1, 0.15) is 50.2 Å². The van der Waals surface area contributed by atoms with Gasteiger partial charge in [-0.25, -0.2) is 0 Å². The van der Waals surface area contributed by atoms with Crippen LogP contribution in [-0.2, 0) is 6.42 Å². The van der Waals surface area contributed by atoms with E-state index in [1.165, 1.54) is 24.2 Å². The first kappa shape index (κ1) is 8.75. The van der Waals surface area contributed by atoms with Gasteiger partial charge in [0, 0.05) is 6.04 Å². The van der Waals surface area contributed by atoms with Crippen LogP contribution in [0.15, 0.2) is 6.07 Å². The molecule has 0 amide bonds. The fourth-order valence-corrected chi connectivity index (χ4v) is 1.59. The Bertz CT molecular complexity index is 278. The minimum Gasteiger partial charge on any atom is -0.323 e. The molecule has 1 heterocycles. The van der Waals surface area contributed by atoms with Crippen LogP contribution < -0.4 is 5.73 Å². The van der Waals surface area contributed by atoms with Crippen LogP contribution in [0.4, 0.5) is 0 Å². The summed E-state index contributed by atoms with van der Waals surface area (Å²) in [5.74, 6) is 0. The molecule has 1 aliphatic rings. The van der Waals surface area contributed by atoms with Gasteiger partial charge >= 0.3 is 0 Å². The quantitative estimate of drug-likeness (QED) is 0.769. The number of aromatic nitrogens is 2. The molecule has 1 aromatic heterocycles. The predicted octanol–water partition coefficient (Wildman–Crippen LogP) is 1.80. The monoisotopic (exact) mass is 179 g/mol. The number of aryl methyl sites for hydroxylation is 1. The van der Waals surface area contributed by atoms with Gasteiger partial charge in [0.05, 0.1) is 17.4 Å². The third-order valence-corrected chi connectivity index (χ3v) is 2.54. The van der Waals surface area contributed by atoms with Crippen LogP contribution in [0, 0.1) is 0 Å². The van der Waals surface area contributed by atoms with Crippen LogP contribution in [0.25, 0.3) is 0 Å². The van der Waals surface area contributed by atoms with Gasteiger partial charge in [0.15, 0.2) is 0 Å². The highest BCUT2D eigenvalue weighted by molar-refractivity contribution is 5.15. The van der Waals surface area contributed by atoms with Gasteiger partial charge in [0.1, 0.15) is 0 Å². The molecule has 0 aliphatic heterocycles. The van der Waals surface area contributed by atoms with Gasteiger partial charge in [-0.3, -0.25) is 4.68 Å². The standard InChI is InChI=1S/C10H17N3/c1-3-8-6-10(7(2)11)13(12-8)9-4-5-9/h6-7,9H,3-5,11H2,1-2H3/t7-/m1/s1. The van der Waals surface area contributed by atoms with Gasteiger partial charge in [-0.05, 0) is 32.3 Å². The highest BCUT2D eigenvalue weighted by Crippen LogP contribution is 2.36. The fraction of sp³-hybridized carbons (Fsp3) is 0.700. The van der Waals surface area contributed by atoms with E-state index in [1.807, 2.05) is 6.92 Å². The Balaban J connectivity index is 2.33. The van der Waals surface area contributed by atoms with Gasteiger partial charge < -0.3 is 5.73 Å². The van der Waals surface area contributed by atoms with Crippen molar-refractivity contribution in [2.45, 2.75) is 45.2 Å². The van der Waals surface area contributed by atoms with Crippen molar-refractivity contribution in [2.75, 3.05) is 0 Å². The van der Waals surface area contributed by atoms with Gasteiger partial charge in [0.25, 0.3) is 0 Å². The maximum atomic E-state index is 5.89. The molecule has 0 unspecified atom stereocenters. The summed E-state index contributed by atoms with van der Waals surface area (Å²) in [5, 5.41) is 4.55. The van der Waals surface area contributed by atoms with E-state index in [1.54, 1.807) is 0 Å². The average Bonchev–Trinajstić information content (AvgIpc) is 2.84. The topological polar surface area (TPSA) is 43.8 Å². The van der Waals surface area contributed by atoms with E-state index >= 15 is 0 Å². The zero-order valence-corrected chi connectivity index (χ0v) is 8.33. The molecule has 2 rings (SSSR count). The lowest BCUT2D eigenvalue weighted by molar-refractivity contribution is 0.571. The molecule has 13 heavy (non-hydrogen) atoms. The molecule has 1 atom stereocenters. The van der Waals surface area contributed by atoms with E-state index in [0.717, 1.165) is 6.42 Å². The predicted molar refractivity (Wildman–Crippen MR) is 52.5 cm³/mol. The summed E-state index contributed by atoms with van der Waals surface area (Å²) in [7, 11) is 0. The maximum Gasteiger partial charge on any atom is 0.0625 e. The molecular weight excluding hydrogens is 162 g/mol. The Kier molecular flexibility index (Phi) is 2.12. The van der Waals surface area contributed by atoms with Gasteiger partial charge in [-0.2, -0.15) is 5.10 Å². The minimum absolute atomic E-state index is 0.105. The van der Waals surface area contributed by atoms with Crippen molar-refractivity contribution in [3.05, 3.63) is 17.5 Å². The summed E-state index contributed by atoms with van der Waals surface area (Å²) in [4.78, 5) is 0. The molecule has 1 fully saturated rings. The van der Waals surface area contributed by atoms with Gasteiger partial charge in [-0.15, -0.1) is 0 Å². The second-order valence-electron chi connectivity index (χ2n) is 3.88. The molecule has 2 N–H and O–H groups in total. The Morgan fingerprint density at radius 2 is 2.38 bits per heavy atom. The molecule has 3 heteroatoms. The second-order valence-corrected chi connectivity index (χ2v) is 3.88. The Morgan fingerprint density at radius 3 is 2.85 bits per heavy atom. The van der Waals surface area contributed by atoms with E-state index in [9.17, 15) is 0 Å². The van der Waals surface area contributed by atoms with E-state index in [2.05, 4.69) is 22.8 Å². The molecule has 1 aromatic rings. The first-order chi connectivity index (χ1) is 6.22. The third-order valence-electron chi connectivity index (χ3n) is 2.54. The SMILES string of the molecule is CCc1cc([C@@H](C)N)n(C2CC2)n1. The first-order valence-electron chi connectivity index (χ1n) is 5.06. The third kappa shape index (κ3) is 1.61. The normalized spacial score (nSPS) is 19.0. The maximum absolute atomic E-state index is 5.89. The van der Waals surface area contributed by atoms with E-state index in [4.69, 9.17) is 5.73 Å². The molecule has 0 spiro atoms. The fourth-order valence-electron chi connectivity index (χ4n) is 1.59. The largest absolute Gasteiger partial charge is 0.323 e. The second kappa shape index (κ2) is 3.14. The molecule has 0 radical (unpaired) electrons. The molecular formula is C10H17N3. The van der Waals surface area contributed by atoms with Crippen LogP contribution >= 0.6 is 0 Å². The number of hydrogen-bond donors (Lipinski definition) is 1. The molecule has 0 bridgehead atoms. The molecule has 0 aromatic carbocycles. The molecule has 1 aliphatic carbocycles. The summed E-state index contributed by atoms with van der Waals surface area (Å²) in [5.41, 5.74) is 8.25. The zero-order valence-electron chi connectivity index (χ0n) is 8.33. The summed E-state index contributed by atoms with van der Waals surface area (Å²) in [6.45, 7) is 4.15. The number of rotatable bonds is 3. The first-order valence-corrected chi connectivity index (χ1v) is 5.06. The summed E-state index contributed by atoms with van der Waals surface area (Å²) in [6.07, 6.45) is 3.54. The summed E-state index contributed by atoms with van der Waals surface area (Å²) < 4.78 is 2.13.